The summed E-state index contributed by atoms with van der Waals surface area (Å²) < 4.78 is 14.5. The summed E-state index contributed by atoms with van der Waals surface area (Å²) in [5.41, 5.74) is 0.249. The first-order chi connectivity index (χ1) is 8.91. The number of rotatable bonds is 3. The van der Waals surface area contributed by atoms with Gasteiger partial charge in [0.2, 0.25) is 5.82 Å². The number of aliphatic hydroxyl groups excluding tert-OH is 1. The minimum absolute atomic E-state index is 0.0676. The third kappa shape index (κ3) is 2.45. The van der Waals surface area contributed by atoms with E-state index in [9.17, 15) is 19.6 Å². The molecule has 0 radical (unpaired) electrons. The zero-order valence-corrected chi connectivity index (χ0v) is 10.7. The molecule has 0 spiro atoms. The number of aliphatic hydroxyl groups is 1. The molecule has 1 atom stereocenters. The van der Waals surface area contributed by atoms with E-state index in [0.717, 1.165) is 16.8 Å². The maximum absolute atomic E-state index is 13.4. The first-order valence-corrected chi connectivity index (χ1v) is 5.69. The summed E-state index contributed by atoms with van der Waals surface area (Å²) in [4.78, 5) is 14.0. The standard InChI is InChI=1S/C11H10FN3O3S/c1-14-9(15(17)18)5-13-11(14)10(16)6-2-3-8(19)7(12)4-6/h2-5,10,16,19H,1H3. The molecule has 1 aromatic heterocycles. The highest BCUT2D eigenvalue weighted by atomic mass is 32.1. The lowest BCUT2D eigenvalue weighted by atomic mass is 10.1. The first kappa shape index (κ1) is 13.5. The second-order valence-corrected chi connectivity index (χ2v) is 4.39. The van der Waals surface area contributed by atoms with Crippen LogP contribution < -0.4 is 0 Å². The van der Waals surface area contributed by atoms with E-state index in [2.05, 4.69) is 17.6 Å². The summed E-state index contributed by atoms with van der Waals surface area (Å²) in [6, 6.07) is 4.00. The van der Waals surface area contributed by atoms with Crippen LogP contribution in [0.15, 0.2) is 29.3 Å². The van der Waals surface area contributed by atoms with Gasteiger partial charge in [0.25, 0.3) is 0 Å². The molecule has 0 aliphatic rings. The van der Waals surface area contributed by atoms with E-state index in [4.69, 9.17) is 0 Å². The van der Waals surface area contributed by atoms with Crippen molar-refractivity contribution in [3.63, 3.8) is 0 Å². The number of nitro groups is 1. The van der Waals surface area contributed by atoms with E-state index in [1.54, 1.807) is 0 Å². The van der Waals surface area contributed by atoms with Crippen LogP contribution in [0.25, 0.3) is 0 Å². The van der Waals surface area contributed by atoms with E-state index in [1.165, 1.54) is 19.2 Å². The molecule has 1 unspecified atom stereocenters. The zero-order chi connectivity index (χ0) is 14.2. The van der Waals surface area contributed by atoms with Crippen LogP contribution >= 0.6 is 12.6 Å². The fourth-order valence-electron chi connectivity index (χ4n) is 1.68. The largest absolute Gasteiger partial charge is 0.378 e. The van der Waals surface area contributed by atoms with Crippen molar-refractivity contribution >= 4 is 18.4 Å². The van der Waals surface area contributed by atoms with Gasteiger partial charge in [-0.1, -0.05) is 6.07 Å². The fraction of sp³-hybridized carbons (Fsp3) is 0.182. The number of halogens is 1. The molecular formula is C11H10FN3O3S. The summed E-state index contributed by atoms with van der Waals surface area (Å²) in [6.07, 6.45) is -0.204. The number of benzene rings is 1. The van der Waals surface area contributed by atoms with Crippen LogP contribution in [0.2, 0.25) is 0 Å². The second kappa shape index (κ2) is 4.98. The molecule has 0 bridgehead atoms. The quantitative estimate of drug-likeness (QED) is 0.511. The molecule has 6 nitrogen and oxygen atoms in total. The summed E-state index contributed by atoms with van der Waals surface area (Å²) in [7, 11) is 1.41. The van der Waals surface area contributed by atoms with Gasteiger partial charge in [-0.15, -0.1) is 12.6 Å². The fourth-order valence-corrected chi connectivity index (χ4v) is 1.82. The molecule has 0 amide bonds. The van der Waals surface area contributed by atoms with Crippen molar-refractivity contribution in [2.24, 2.45) is 7.05 Å². The smallest absolute Gasteiger partial charge is 0.342 e. The Morgan fingerprint density at radius 3 is 2.79 bits per heavy atom. The zero-order valence-electron chi connectivity index (χ0n) is 9.82. The first-order valence-electron chi connectivity index (χ1n) is 5.24. The summed E-state index contributed by atoms with van der Waals surface area (Å²) in [6.45, 7) is 0. The van der Waals surface area contributed by atoms with Gasteiger partial charge in [0.1, 0.15) is 12.0 Å². The summed E-state index contributed by atoms with van der Waals surface area (Å²) in [5, 5.41) is 20.8. The Bertz CT molecular complexity index is 644. The average molecular weight is 283 g/mol. The Labute approximate surface area is 113 Å². The third-order valence-electron chi connectivity index (χ3n) is 2.72. The molecule has 1 N–H and O–H groups in total. The molecule has 1 heterocycles. The molecule has 2 rings (SSSR count). The SMILES string of the molecule is Cn1c([N+](=O)[O-])cnc1C(O)c1ccc(S)c(F)c1. The van der Waals surface area contributed by atoms with E-state index in [-0.39, 0.29) is 22.1 Å². The topological polar surface area (TPSA) is 81.2 Å². The van der Waals surface area contributed by atoms with Crippen LogP contribution in [-0.2, 0) is 7.05 Å². The minimum Gasteiger partial charge on any atom is -0.378 e. The van der Waals surface area contributed by atoms with Crippen molar-refractivity contribution in [2.45, 2.75) is 11.0 Å². The van der Waals surface area contributed by atoms with E-state index in [0.29, 0.717) is 0 Å². The van der Waals surface area contributed by atoms with Crippen LogP contribution in [0.3, 0.4) is 0 Å². The highest BCUT2D eigenvalue weighted by Crippen LogP contribution is 2.25. The summed E-state index contributed by atoms with van der Waals surface area (Å²) in [5.74, 6) is -0.762. The lowest BCUT2D eigenvalue weighted by Crippen LogP contribution is -2.09. The molecule has 0 aliphatic heterocycles. The average Bonchev–Trinajstić information content (AvgIpc) is 2.74. The van der Waals surface area contributed by atoms with Crippen LogP contribution in [0.4, 0.5) is 10.2 Å². The van der Waals surface area contributed by atoms with Crippen LogP contribution in [0.5, 0.6) is 0 Å². The molecular weight excluding hydrogens is 273 g/mol. The van der Waals surface area contributed by atoms with Crippen molar-refractivity contribution in [1.82, 2.24) is 9.55 Å². The molecule has 1 aromatic carbocycles. The lowest BCUT2D eigenvalue weighted by Gasteiger charge is -2.09. The highest BCUT2D eigenvalue weighted by molar-refractivity contribution is 7.80. The van der Waals surface area contributed by atoms with Crippen LogP contribution in [-0.4, -0.2) is 19.6 Å². The number of nitrogens with zero attached hydrogens (tertiary/aromatic N) is 3. The Kier molecular flexibility index (Phi) is 3.54. The Balaban J connectivity index is 2.41. The van der Waals surface area contributed by atoms with Crippen molar-refractivity contribution in [3.05, 3.63) is 51.7 Å². The van der Waals surface area contributed by atoms with Crippen LogP contribution in [0, 0.1) is 15.9 Å². The number of aromatic nitrogens is 2. The number of thiol groups is 1. The normalized spacial score (nSPS) is 12.4. The Morgan fingerprint density at radius 1 is 1.58 bits per heavy atom. The van der Waals surface area contributed by atoms with Crippen molar-refractivity contribution in [1.29, 1.82) is 0 Å². The van der Waals surface area contributed by atoms with Crippen molar-refractivity contribution in [2.75, 3.05) is 0 Å². The minimum atomic E-state index is -1.25. The number of hydrogen-bond donors (Lipinski definition) is 2. The lowest BCUT2D eigenvalue weighted by molar-refractivity contribution is -0.391. The van der Waals surface area contributed by atoms with Gasteiger partial charge in [0.05, 0.1) is 7.05 Å². The highest BCUT2D eigenvalue weighted by Gasteiger charge is 2.24. The van der Waals surface area contributed by atoms with Gasteiger partial charge in [0.15, 0.2) is 6.10 Å². The molecule has 0 aliphatic carbocycles. The van der Waals surface area contributed by atoms with Gasteiger partial charge in [-0.2, -0.15) is 0 Å². The summed E-state index contributed by atoms with van der Waals surface area (Å²) >= 11 is 3.89. The van der Waals surface area contributed by atoms with Crippen molar-refractivity contribution in [3.8, 4) is 0 Å². The molecule has 100 valence electrons. The predicted octanol–water partition coefficient (Wildman–Crippen LogP) is 1.84. The van der Waals surface area contributed by atoms with Gasteiger partial charge in [-0.05, 0) is 22.6 Å². The van der Waals surface area contributed by atoms with Crippen molar-refractivity contribution < 1.29 is 14.4 Å². The monoisotopic (exact) mass is 283 g/mol. The predicted molar refractivity (Wildman–Crippen MR) is 67.6 cm³/mol. The number of imidazole rings is 1. The molecule has 2 aromatic rings. The van der Waals surface area contributed by atoms with E-state index in [1.807, 2.05) is 0 Å². The maximum Gasteiger partial charge on any atom is 0.342 e. The molecule has 19 heavy (non-hydrogen) atoms. The van der Waals surface area contributed by atoms with E-state index >= 15 is 0 Å². The molecule has 8 heteroatoms. The molecule has 0 saturated carbocycles. The van der Waals surface area contributed by atoms with E-state index < -0.39 is 16.8 Å². The third-order valence-corrected chi connectivity index (χ3v) is 3.08. The molecule has 0 fully saturated rings. The van der Waals surface area contributed by atoms with Crippen LogP contribution in [0.1, 0.15) is 17.5 Å². The van der Waals surface area contributed by atoms with Gasteiger partial charge >= 0.3 is 5.82 Å². The van der Waals surface area contributed by atoms with Gasteiger partial charge < -0.3 is 15.2 Å². The van der Waals surface area contributed by atoms with Gasteiger partial charge in [-0.25, -0.2) is 13.9 Å². The maximum atomic E-state index is 13.4. The van der Waals surface area contributed by atoms with Gasteiger partial charge in [0, 0.05) is 4.90 Å². The Hall–Kier alpha value is -1.93. The number of hydrogen-bond acceptors (Lipinski definition) is 5. The van der Waals surface area contributed by atoms with Gasteiger partial charge in [-0.3, -0.25) is 0 Å². The Morgan fingerprint density at radius 2 is 2.26 bits per heavy atom. The second-order valence-electron chi connectivity index (χ2n) is 3.90. The molecule has 0 saturated heterocycles.